The largest absolute Gasteiger partial charge is 0.445 e. The van der Waals surface area contributed by atoms with Crippen LogP contribution in [0.1, 0.15) is 90.5 Å². The van der Waals surface area contributed by atoms with Crippen molar-refractivity contribution in [3.8, 4) is 0 Å². The highest BCUT2D eigenvalue weighted by atomic mass is 16.6. The number of rotatable bonds is 6. The number of benzene rings is 1. The molecule has 1 aromatic carbocycles. The van der Waals surface area contributed by atoms with E-state index < -0.39 is 0 Å². The van der Waals surface area contributed by atoms with E-state index in [9.17, 15) is 19.8 Å². The second-order valence-electron chi connectivity index (χ2n) is 15.4. The lowest BCUT2D eigenvalue weighted by Crippen LogP contribution is -2.58. The normalized spacial score (nSPS) is 39.8. The van der Waals surface area contributed by atoms with Crippen molar-refractivity contribution in [1.29, 1.82) is 0 Å². The summed E-state index contributed by atoms with van der Waals surface area (Å²) in [5.74, 6) is 3.21. The van der Waals surface area contributed by atoms with Gasteiger partial charge in [0.1, 0.15) is 6.61 Å². The molecule has 0 unspecified atom stereocenters. The third-order valence-corrected chi connectivity index (χ3v) is 13.3. The topological polar surface area (TPSA) is 90.3 Å². The van der Waals surface area contributed by atoms with Gasteiger partial charge in [0.2, 0.25) is 5.91 Å². The summed E-state index contributed by atoms with van der Waals surface area (Å²) in [5.41, 5.74) is 1.45. The standard InChI is InChI=1S/C36H54N2O5/c1-24(9-12-32(41)37-17-19-38(20-18-37)34(42)43-23-25-7-5-4-6-8-25)28-10-11-29-33-30(14-16-36(28,29)3)35(2)15-13-27(39)21-26(35)22-31(33)40/h4-8,24,26-31,33,39-40H,9-23H2,1-3H3/t24-,26+,27-,28-,29+,30+,31+,33+,35+,36-/m1/s1. The molecule has 5 aliphatic rings. The van der Waals surface area contributed by atoms with Crippen LogP contribution in [0.25, 0.3) is 0 Å². The number of carbonyl (C=O) groups is 2. The fourth-order valence-electron chi connectivity index (χ4n) is 10.8. The monoisotopic (exact) mass is 594 g/mol. The minimum Gasteiger partial charge on any atom is -0.445 e. The van der Waals surface area contributed by atoms with Crippen molar-refractivity contribution in [2.24, 2.45) is 46.3 Å². The van der Waals surface area contributed by atoms with Gasteiger partial charge < -0.3 is 24.7 Å². The maximum Gasteiger partial charge on any atom is 0.410 e. The molecule has 2 amide bonds. The second-order valence-corrected chi connectivity index (χ2v) is 15.4. The predicted molar refractivity (Wildman–Crippen MR) is 166 cm³/mol. The number of ether oxygens (including phenoxy) is 1. The van der Waals surface area contributed by atoms with Crippen molar-refractivity contribution in [3.05, 3.63) is 35.9 Å². The summed E-state index contributed by atoms with van der Waals surface area (Å²) in [4.78, 5) is 29.4. The number of piperazine rings is 1. The van der Waals surface area contributed by atoms with Crippen LogP contribution in [0.2, 0.25) is 0 Å². The Morgan fingerprint density at radius 2 is 1.58 bits per heavy atom. The molecule has 238 valence electrons. The van der Waals surface area contributed by atoms with Crippen LogP contribution in [0.5, 0.6) is 0 Å². The highest BCUT2D eigenvalue weighted by Crippen LogP contribution is 2.68. The average molecular weight is 595 g/mol. The number of aliphatic hydroxyl groups excluding tert-OH is 2. The van der Waals surface area contributed by atoms with Crippen molar-refractivity contribution in [2.45, 2.75) is 104 Å². The van der Waals surface area contributed by atoms with Gasteiger partial charge in [-0.15, -0.1) is 0 Å². The molecule has 7 heteroatoms. The molecule has 0 spiro atoms. The van der Waals surface area contributed by atoms with E-state index >= 15 is 0 Å². The summed E-state index contributed by atoms with van der Waals surface area (Å²) in [6, 6.07) is 9.70. The van der Waals surface area contributed by atoms with E-state index in [0.717, 1.165) is 37.7 Å². The van der Waals surface area contributed by atoms with Crippen molar-refractivity contribution < 1.29 is 24.5 Å². The summed E-state index contributed by atoms with van der Waals surface area (Å²) >= 11 is 0. The van der Waals surface area contributed by atoms with Crippen LogP contribution in [0.3, 0.4) is 0 Å². The molecule has 43 heavy (non-hydrogen) atoms. The molecule has 1 aliphatic heterocycles. The minimum atomic E-state index is -0.308. The fraction of sp³-hybridized carbons (Fsp3) is 0.778. The number of hydrogen-bond acceptors (Lipinski definition) is 5. The second kappa shape index (κ2) is 12.3. The zero-order valence-electron chi connectivity index (χ0n) is 26.6. The Kier molecular flexibility index (Phi) is 8.87. The summed E-state index contributed by atoms with van der Waals surface area (Å²) in [6.45, 7) is 9.76. The number of carbonyl (C=O) groups excluding carboxylic acids is 2. The number of hydrogen-bond donors (Lipinski definition) is 2. The third-order valence-electron chi connectivity index (χ3n) is 13.3. The van der Waals surface area contributed by atoms with Gasteiger partial charge in [-0.05, 0) is 110 Å². The van der Waals surface area contributed by atoms with Gasteiger partial charge in [0, 0.05) is 32.6 Å². The van der Waals surface area contributed by atoms with Gasteiger partial charge in [-0.1, -0.05) is 51.1 Å². The van der Waals surface area contributed by atoms with Crippen LogP contribution in [0.15, 0.2) is 30.3 Å². The van der Waals surface area contributed by atoms with E-state index in [1.165, 1.54) is 25.7 Å². The molecule has 5 fully saturated rings. The van der Waals surface area contributed by atoms with Crippen LogP contribution in [0, 0.1) is 46.3 Å². The number of nitrogens with zero attached hydrogens (tertiary/aromatic N) is 2. The molecule has 0 bridgehead atoms. The predicted octanol–water partition coefficient (Wildman–Crippen LogP) is 5.87. The molecule has 2 N–H and O–H groups in total. The lowest BCUT2D eigenvalue weighted by molar-refractivity contribution is -0.174. The first kappa shape index (κ1) is 30.9. The maximum atomic E-state index is 13.2. The molecule has 4 aliphatic carbocycles. The van der Waals surface area contributed by atoms with Crippen molar-refractivity contribution >= 4 is 12.0 Å². The SMILES string of the molecule is C[C@H](CCC(=O)N1CCN(C(=O)OCc2ccccc2)CC1)[C@H]1CC[C@H]2[C@@H]3[C@@H](O)C[C@@H]4C[C@H](O)CC[C@]4(C)[C@H]3CC[C@]12C. The molecular weight excluding hydrogens is 540 g/mol. The van der Waals surface area contributed by atoms with E-state index in [4.69, 9.17) is 4.74 Å². The molecule has 0 radical (unpaired) electrons. The highest BCUT2D eigenvalue weighted by Gasteiger charge is 2.62. The molecule has 7 nitrogen and oxygen atoms in total. The lowest BCUT2D eigenvalue weighted by Gasteiger charge is -2.62. The summed E-state index contributed by atoms with van der Waals surface area (Å²) in [7, 11) is 0. The number of fused-ring (bicyclic) bond motifs is 5. The van der Waals surface area contributed by atoms with E-state index in [1.807, 2.05) is 35.2 Å². The van der Waals surface area contributed by atoms with E-state index in [2.05, 4.69) is 20.8 Å². The molecule has 0 aromatic heterocycles. The maximum absolute atomic E-state index is 13.2. The lowest BCUT2D eigenvalue weighted by atomic mass is 9.43. The average Bonchev–Trinajstić information content (AvgIpc) is 3.37. The van der Waals surface area contributed by atoms with Gasteiger partial charge in [0.15, 0.2) is 0 Å². The summed E-state index contributed by atoms with van der Waals surface area (Å²) < 4.78 is 5.49. The van der Waals surface area contributed by atoms with Gasteiger partial charge in [0.25, 0.3) is 0 Å². The third kappa shape index (κ3) is 5.85. The molecule has 4 saturated carbocycles. The fourth-order valence-corrected chi connectivity index (χ4v) is 10.8. The van der Waals surface area contributed by atoms with Crippen molar-refractivity contribution in [2.75, 3.05) is 26.2 Å². The van der Waals surface area contributed by atoms with Crippen LogP contribution < -0.4 is 0 Å². The zero-order chi connectivity index (χ0) is 30.4. The van der Waals surface area contributed by atoms with Crippen LogP contribution in [-0.2, 0) is 16.1 Å². The van der Waals surface area contributed by atoms with E-state index in [1.54, 1.807) is 4.90 Å². The van der Waals surface area contributed by atoms with Crippen LogP contribution in [-0.4, -0.2) is 70.4 Å². The molecule has 1 aromatic rings. The Morgan fingerprint density at radius 3 is 2.33 bits per heavy atom. The zero-order valence-corrected chi connectivity index (χ0v) is 26.6. The Morgan fingerprint density at radius 1 is 0.907 bits per heavy atom. The van der Waals surface area contributed by atoms with Gasteiger partial charge in [-0.2, -0.15) is 0 Å². The Hall–Kier alpha value is -2.12. The van der Waals surface area contributed by atoms with E-state index in [-0.39, 0.29) is 41.6 Å². The first-order valence-corrected chi connectivity index (χ1v) is 17.2. The van der Waals surface area contributed by atoms with Crippen LogP contribution >= 0.6 is 0 Å². The number of aliphatic hydroxyl groups is 2. The van der Waals surface area contributed by atoms with Gasteiger partial charge in [-0.25, -0.2) is 4.79 Å². The summed E-state index contributed by atoms with van der Waals surface area (Å²) in [5, 5.41) is 21.9. The number of amides is 2. The smallest absolute Gasteiger partial charge is 0.410 e. The van der Waals surface area contributed by atoms with Gasteiger partial charge in [-0.3, -0.25) is 4.79 Å². The van der Waals surface area contributed by atoms with Gasteiger partial charge >= 0.3 is 6.09 Å². The Labute approximate surface area is 258 Å². The van der Waals surface area contributed by atoms with Crippen LogP contribution in [0.4, 0.5) is 4.79 Å². The van der Waals surface area contributed by atoms with Crippen molar-refractivity contribution in [1.82, 2.24) is 9.80 Å². The molecule has 1 heterocycles. The van der Waals surface area contributed by atoms with E-state index in [0.29, 0.717) is 68.1 Å². The van der Waals surface area contributed by atoms with Crippen molar-refractivity contribution in [3.63, 3.8) is 0 Å². The first-order chi connectivity index (χ1) is 20.6. The summed E-state index contributed by atoms with van der Waals surface area (Å²) in [6.07, 6.45) is 9.26. The molecule has 1 saturated heterocycles. The minimum absolute atomic E-state index is 0.194. The first-order valence-electron chi connectivity index (χ1n) is 17.2. The Bertz CT molecular complexity index is 1140. The molecule has 10 atom stereocenters. The molecular formula is C36H54N2O5. The van der Waals surface area contributed by atoms with Gasteiger partial charge in [0.05, 0.1) is 12.2 Å². The Balaban J connectivity index is 0.991. The highest BCUT2D eigenvalue weighted by molar-refractivity contribution is 5.76. The quantitative estimate of drug-likeness (QED) is 0.430. The molecule has 6 rings (SSSR count).